The van der Waals surface area contributed by atoms with Crippen LogP contribution in [-0.4, -0.2) is 34.9 Å². The molecular weight excluding hydrogens is 288 g/mol. The largest absolute Gasteiger partial charge is 0.341 e. The van der Waals surface area contributed by atoms with E-state index in [-0.39, 0.29) is 17.5 Å². The number of benzene rings is 1. The molecule has 0 saturated carbocycles. The van der Waals surface area contributed by atoms with E-state index >= 15 is 0 Å². The Morgan fingerprint density at radius 2 is 2.09 bits per heavy atom. The fourth-order valence-corrected chi connectivity index (χ4v) is 2.73. The van der Waals surface area contributed by atoms with Gasteiger partial charge < -0.3 is 10.2 Å². The number of pyridine rings is 1. The van der Waals surface area contributed by atoms with Gasteiger partial charge in [0.05, 0.1) is 5.69 Å². The summed E-state index contributed by atoms with van der Waals surface area (Å²) in [6.07, 6.45) is 0.463. The lowest BCUT2D eigenvalue weighted by molar-refractivity contribution is -0.127. The molecule has 1 aliphatic rings. The van der Waals surface area contributed by atoms with Crippen LogP contribution in [0, 0.1) is 11.6 Å². The lowest BCUT2D eigenvalue weighted by atomic mass is 10.2. The molecule has 0 spiro atoms. The van der Waals surface area contributed by atoms with Gasteiger partial charge in [-0.3, -0.25) is 4.79 Å². The van der Waals surface area contributed by atoms with Crippen molar-refractivity contribution in [3.63, 3.8) is 0 Å². The number of nitrogens with zero attached hydrogens (tertiary/aromatic N) is 2. The van der Waals surface area contributed by atoms with Gasteiger partial charge in [0.15, 0.2) is 11.6 Å². The van der Waals surface area contributed by atoms with Crippen molar-refractivity contribution in [2.24, 2.45) is 0 Å². The Hall–Kier alpha value is -2.08. The molecule has 4 nitrogen and oxygen atoms in total. The fourth-order valence-electron chi connectivity index (χ4n) is 2.73. The number of rotatable bonds is 4. The van der Waals surface area contributed by atoms with Crippen molar-refractivity contribution in [3.05, 3.63) is 41.6 Å². The van der Waals surface area contributed by atoms with Gasteiger partial charge in [0.25, 0.3) is 0 Å². The van der Waals surface area contributed by atoms with Crippen molar-refractivity contribution in [2.75, 3.05) is 13.1 Å². The summed E-state index contributed by atoms with van der Waals surface area (Å²) >= 11 is 0. The SMILES string of the molecule is CCN1CC(NCc2ccc3ccc(F)c(F)c3n2)CC1=O. The number of halogens is 2. The second kappa shape index (κ2) is 5.96. The normalized spacial score (nSPS) is 18.4. The monoisotopic (exact) mass is 305 g/mol. The highest BCUT2D eigenvalue weighted by Gasteiger charge is 2.27. The first-order valence-electron chi connectivity index (χ1n) is 7.33. The highest BCUT2D eigenvalue weighted by atomic mass is 19.2. The Morgan fingerprint density at radius 1 is 1.32 bits per heavy atom. The van der Waals surface area contributed by atoms with E-state index < -0.39 is 11.6 Å². The highest BCUT2D eigenvalue weighted by Crippen LogP contribution is 2.19. The molecule has 2 heterocycles. The number of hydrogen-bond donors (Lipinski definition) is 1. The summed E-state index contributed by atoms with van der Waals surface area (Å²) in [5.74, 6) is -1.68. The van der Waals surface area contributed by atoms with E-state index in [2.05, 4.69) is 10.3 Å². The zero-order chi connectivity index (χ0) is 15.7. The lowest BCUT2D eigenvalue weighted by Gasteiger charge is -2.14. The van der Waals surface area contributed by atoms with Crippen molar-refractivity contribution in [2.45, 2.75) is 25.9 Å². The zero-order valence-corrected chi connectivity index (χ0v) is 12.3. The van der Waals surface area contributed by atoms with Crippen LogP contribution in [0.5, 0.6) is 0 Å². The molecule has 0 radical (unpaired) electrons. The van der Waals surface area contributed by atoms with E-state index in [0.717, 1.165) is 6.07 Å². The van der Waals surface area contributed by atoms with E-state index in [0.29, 0.717) is 37.1 Å². The minimum Gasteiger partial charge on any atom is -0.341 e. The molecule has 22 heavy (non-hydrogen) atoms. The molecule has 1 aromatic heterocycles. The number of hydrogen-bond acceptors (Lipinski definition) is 3. The third kappa shape index (κ3) is 2.78. The molecule has 1 N–H and O–H groups in total. The second-order valence-corrected chi connectivity index (χ2v) is 5.45. The maximum Gasteiger partial charge on any atom is 0.224 e. The van der Waals surface area contributed by atoms with Crippen LogP contribution in [-0.2, 0) is 11.3 Å². The first kappa shape index (κ1) is 14.8. The number of nitrogens with one attached hydrogen (secondary N) is 1. The number of amides is 1. The van der Waals surface area contributed by atoms with Gasteiger partial charge in [0.1, 0.15) is 5.52 Å². The van der Waals surface area contributed by atoms with Crippen LogP contribution >= 0.6 is 0 Å². The van der Waals surface area contributed by atoms with E-state index in [1.54, 1.807) is 17.0 Å². The van der Waals surface area contributed by atoms with Crippen LogP contribution in [0.25, 0.3) is 10.9 Å². The summed E-state index contributed by atoms with van der Waals surface area (Å²) in [4.78, 5) is 17.6. The molecule has 1 unspecified atom stereocenters. The predicted octanol–water partition coefficient (Wildman–Crippen LogP) is 2.22. The molecule has 1 saturated heterocycles. The summed E-state index contributed by atoms with van der Waals surface area (Å²) in [6, 6.07) is 6.18. The number of aromatic nitrogens is 1. The van der Waals surface area contributed by atoms with Gasteiger partial charge in [-0.2, -0.15) is 0 Å². The van der Waals surface area contributed by atoms with Gasteiger partial charge in [-0.1, -0.05) is 6.07 Å². The molecule has 1 fully saturated rings. The van der Waals surface area contributed by atoms with Crippen molar-refractivity contribution < 1.29 is 13.6 Å². The Balaban J connectivity index is 1.72. The van der Waals surface area contributed by atoms with Gasteiger partial charge in [-0.05, 0) is 25.1 Å². The second-order valence-electron chi connectivity index (χ2n) is 5.45. The molecule has 1 amide bonds. The van der Waals surface area contributed by atoms with Gasteiger partial charge in [0.2, 0.25) is 5.91 Å². The van der Waals surface area contributed by atoms with Crippen molar-refractivity contribution >= 4 is 16.8 Å². The molecule has 116 valence electrons. The molecular formula is C16H17F2N3O. The van der Waals surface area contributed by atoms with Crippen LogP contribution in [0.3, 0.4) is 0 Å². The van der Waals surface area contributed by atoms with Crippen LogP contribution < -0.4 is 5.32 Å². The Kier molecular flexibility index (Phi) is 4.02. The third-order valence-electron chi connectivity index (χ3n) is 3.98. The van der Waals surface area contributed by atoms with Crippen molar-refractivity contribution in [1.29, 1.82) is 0 Å². The minimum atomic E-state index is -0.924. The number of carbonyl (C=O) groups excluding carboxylic acids is 1. The smallest absolute Gasteiger partial charge is 0.224 e. The zero-order valence-electron chi connectivity index (χ0n) is 12.3. The average molecular weight is 305 g/mol. The lowest BCUT2D eigenvalue weighted by Crippen LogP contribution is -2.32. The molecule has 3 rings (SSSR count). The Labute approximate surface area is 127 Å². The molecule has 6 heteroatoms. The third-order valence-corrected chi connectivity index (χ3v) is 3.98. The molecule has 0 bridgehead atoms. The molecule has 0 aliphatic carbocycles. The summed E-state index contributed by atoms with van der Waals surface area (Å²) in [5.41, 5.74) is 0.663. The first-order valence-corrected chi connectivity index (χ1v) is 7.33. The summed E-state index contributed by atoms with van der Waals surface area (Å²) in [7, 11) is 0. The Morgan fingerprint density at radius 3 is 2.82 bits per heavy atom. The Bertz CT molecular complexity index is 720. The number of fused-ring (bicyclic) bond motifs is 1. The van der Waals surface area contributed by atoms with E-state index in [1.807, 2.05) is 6.92 Å². The summed E-state index contributed by atoms with van der Waals surface area (Å²) < 4.78 is 27.0. The highest BCUT2D eigenvalue weighted by molar-refractivity contribution is 5.80. The van der Waals surface area contributed by atoms with Crippen LogP contribution in [0.15, 0.2) is 24.3 Å². The number of likely N-dealkylation sites (N-methyl/N-ethyl adjacent to an activating group) is 1. The molecule has 2 aromatic rings. The summed E-state index contributed by atoms with van der Waals surface area (Å²) in [5, 5.41) is 3.82. The molecule has 1 aromatic carbocycles. The van der Waals surface area contributed by atoms with Gasteiger partial charge in [-0.15, -0.1) is 0 Å². The van der Waals surface area contributed by atoms with E-state index in [4.69, 9.17) is 0 Å². The van der Waals surface area contributed by atoms with Crippen LogP contribution in [0.1, 0.15) is 19.0 Å². The number of likely N-dealkylation sites (tertiary alicyclic amines) is 1. The van der Waals surface area contributed by atoms with E-state index in [9.17, 15) is 13.6 Å². The maximum atomic E-state index is 13.8. The maximum absolute atomic E-state index is 13.8. The fraction of sp³-hybridized carbons (Fsp3) is 0.375. The van der Waals surface area contributed by atoms with Gasteiger partial charge in [-0.25, -0.2) is 13.8 Å². The van der Waals surface area contributed by atoms with Crippen LogP contribution in [0.2, 0.25) is 0 Å². The van der Waals surface area contributed by atoms with Gasteiger partial charge in [0, 0.05) is 37.5 Å². The summed E-state index contributed by atoms with van der Waals surface area (Å²) in [6.45, 7) is 3.74. The predicted molar refractivity (Wildman–Crippen MR) is 79.2 cm³/mol. The standard InChI is InChI=1S/C16H17F2N3O/c1-2-21-9-12(7-14(21)22)19-8-11-5-3-10-4-6-13(17)15(18)16(10)20-11/h3-6,12,19H,2,7-9H2,1H3. The van der Waals surface area contributed by atoms with Gasteiger partial charge >= 0.3 is 0 Å². The van der Waals surface area contributed by atoms with Crippen molar-refractivity contribution in [3.8, 4) is 0 Å². The average Bonchev–Trinajstić information content (AvgIpc) is 2.89. The molecule has 1 aliphatic heterocycles. The van der Waals surface area contributed by atoms with Crippen LogP contribution in [0.4, 0.5) is 8.78 Å². The quantitative estimate of drug-likeness (QED) is 0.942. The molecule has 1 atom stereocenters. The minimum absolute atomic E-state index is 0.0389. The van der Waals surface area contributed by atoms with Crippen molar-refractivity contribution in [1.82, 2.24) is 15.2 Å². The topological polar surface area (TPSA) is 45.2 Å². The van der Waals surface area contributed by atoms with E-state index in [1.165, 1.54) is 6.07 Å². The first-order chi connectivity index (χ1) is 10.6. The number of carbonyl (C=O) groups is 1.